The largest absolute Gasteiger partial charge is 0.464 e. The summed E-state index contributed by atoms with van der Waals surface area (Å²) in [4.78, 5) is 19.6. The van der Waals surface area contributed by atoms with Gasteiger partial charge in [0.2, 0.25) is 0 Å². The van der Waals surface area contributed by atoms with E-state index in [0.717, 1.165) is 0 Å². The van der Waals surface area contributed by atoms with Crippen LogP contribution in [-0.2, 0) is 4.74 Å². The van der Waals surface area contributed by atoms with Crippen LogP contribution in [0.25, 0.3) is 10.7 Å². The van der Waals surface area contributed by atoms with Crippen LogP contribution in [0.3, 0.4) is 0 Å². The zero-order chi connectivity index (χ0) is 12.4. The molecule has 90 valence electrons. The number of hydrogen-bond donors (Lipinski definition) is 1. The average Bonchev–Trinajstić information content (AvgIpc) is 2.95. The van der Waals surface area contributed by atoms with Gasteiger partial charge >= 0.3 is 5.97 Å². The van der Waals surface area contributed by atoms with Crippen molar-refractivity contribution in [2.24, 2.45) is 0 Å². The first-order valence-corrected chi connectivity index (χ1v) is 6.55. The molecular weight excluding hydrogens is 260 g/mol. The van der Waals surface area contributed by atoms with Crippen LogP contribution in [0.5, 0.6) is 0 Å². The minimum atomic E-state index is -0.589. The predicted octanol–water partition coefficient (Wildman–Crippen LogP) is 2.11. The van der Waals surface area contributed by atoms with Crippen molar-refractivity contribution < 1.29 is 14.6 Å². The number of ether oxygens (including phenoxy) is 1. The highest BCUT2D eigenvalue weighted by molar-refractivity contribution is 7.14. The Hall–Kier alpha value is -1.31. The molecule has 2 rings (SSSR count). The second kappa shape index (κ2) is 4.91. The van der Waals surface area contributed by atoms with Gasteiger partial charge in [0.25, 0.3) is 0 Å². The Kier molecular flexibility index (Phi) is 3.51. The van der Waals surface area contributed by atoms with E-state index in [4.69, 9.17) is 0 Å². The molecule has 7 heteroatoms. The van der Waals surface area contributed by atoms with E-state index < -0.39 is 12.1 Å². The third-order valence-corrected chi connectivity index (χ3v) is 3.88. The average molecular weight is 270 g/mol. The van der Waals surface area contributed by atoms with Gasteiger partial charge in [-0.3, -0.25) is 0 Å². The Balaban J connectivity index is 2.27. The van der Waals surface area contributed by atoms with Crippen molar-refractivity contribution in [2.45, 2.75) is 13.0 Å². The maximum Gasteiger partial charge on any atom is 0.357 e. The molecule has 0 radical (unpaired) electrons. The number of esters is 1. The summed E-state index contributed by atoms with van der Waals surface area (Å²) in [7, 11) is 1.32. The summed E-state index contributed by atoms with van der Waals surface area (Å²) in [5.74, 6) is -0.460. The third-order valence-electron chi connectivity index (χ3n) is 2.00. The normalized spacial score (nSPS) is 12.4. The van der Waals surface area contributed by atoms with Gasteiger partial charge in [0.05, 0.1) is 7.11 Å². The van der Waals surface area contributed by atoms with E-state index in [-0.39, 0.29) is 5.69 Å². The lowest BCUT2D eigenvalue weighted by Gasteiger charge is -1.95. The molecule has 5 nitrogen and oxygen atoms in total. The molecule has 17 heavy (non-hydrogen) atoms. The van der Waals surface area contributed by atoms with Gasteiger partial charge in [0, 0.05) is 10.8 Å². The summed E-state index contributed by atoms with van der Waals surface area (Å²) in [6.07, 6.45) is -0.589. The van der Waals surface area contributed by atoms with Crippen LogP contribution >= 0.6 is 22.7 Å². The van der Waals surface area contributed by atoms with Crippen molar-refractivity contribution in [1.82, 2.24) is 9.97 Å². The highest BCUT2D eigenvalue weighted by Crippen LogP contribution is 2.27. The number of aliphatic hydroxyl groups excluding tert-OH is 1. The number of carbonyl (C=O) groups excluding carboxylic acids is 1. The second-order valence-corrected chi connectivity index (χ2v) is 5.02. The van der Waals surface area contributed by atoms with Gasteiger partial charge in [0.15, 0.2) is 5.69 Å². The molecule has 0 aliphatic carbocycles. The number of methoxy groups -OCH3 is 1. The fourth-order valence-corrected chi connectivity index (χ4v) is 2.74. The molecule has 0 saturated heterocycles. The minimum absolute atomic E-state index is 0.277. The Morgan fingerprint density at radius 3 is 2.76 bits per heavy atom. The lowest BCUT2D eigenvalue weighted by atomic mass is 10.4. The van der Waals surface area contributed by atoms with E-state index in [0.29, 0.717) is 15.7 Å². The predicted molar refractivity (Wildman–Crippen MR) is 65.2 cm³/mol. The monoisotopic (exact) mass is 270 g/mol. The lowest BCUT2D eigenvalue weighted by molar-refractivity contribution is 0.0595. The summed E-state index contributed by atoms with van der Waals surface area (Å²) in [6.45, 7) is 1.66. The van der Waals surface area contributed by atoms with Crippen LogP contribution in [0.4, 0.5) is 0 Å². The summed E-state index contributed by atoms with van der Waals surface area (Å²) < 4.78 is 4.58. The summed E-state index contributed by atoms with van der Waals surface area (Å²) in [6, 6.07) is 0. The molecule has 0 amide bonds. The molecule has 0 aromatic carbocycles. The Morgan fingerprint density at radius 1 is 1.41 bits per heavy atom. The minimum Gasteiger partial charge on any atom is -0.464 e. The smallest absolute Gasteiger partial charge is 0.357 e. The van der Waals surface area contributed by atoms with E-state index in [1.54, 1.807) is 12.3 Å². The number of thiazole rings is 2. The van der Waals surface area contributed by atoms with Gasteiger partial charge in [-0.2, -0.15) is 0 Å². The van der Waals surface area contributed by atoms with Crippen molar-refractivity contribution in [2.75, 3.05) is 7.11 Å². The standard InChI is InChI=1S/C10H10N2O3S2/c1-5(13)8-11-6(3-16-8)9-12-7(4-17-9)10(14)15-2/h3-5,13H,1-2H3. The maximum atomic E-state index is 11.2. The number of carbonyl (C=O) groups is 1. The highest BCUT2D eigenvalue weighted by Gasteiger charge is 2.15. The van der Waals surface area contributed by atoms with Crippen LogP contribution in [0.1, 0.15) is 28.5 Å². The van der Waals surface area contributed by atoms with Crippen LogP contribution in [0, 0.1) is 0 Å². The molecule has 0 spiro atoms. The quantitative estimate of drug-likeness (QED) is 0.865. The van der Waals surface area contributed by atoms with Gasteiger partial charge in [-0.05, 0) is 6.92 Å². The van der Waals surface area contributed by atoms with Crippen molar-refractivity contribution in [1.29, 1.82) is 0 Å². The van der Waals surface area contributed by atoms with Gasteiger partial charge in [0.1, 0.15) is 21.8 Å². The number of hydrogen-bond acceptors (Lipinski definition) is 7. The van der Waals surface area contributed by atoms with Gasteiger partial charge < -0.3 is 9.84 Å². The zero-order valence-corrected chi connectivity index (χ0v) is 10.8. The molecule has 2 aromatic rings. The van der Waals surface area contributed by atoms with Crippen LogP contribution < -0.4 is 0 Å². The van der Waals surface area contributed by atoms with Gasteiger partial charge in [-0.1, -0.05) is 0 Å². The molecule has 0 fully saturated rings. The van der Waals surface area contributed by atoms with Crippen LogP contribution in [0.2, 0.25) is 0 Å². The molecule has 2 heterocycles. The van der Waals surface area contributed by atoms with Gasteiger partial charge in [-0.15, -0.1) is 22.7 Å². The zero-order valence-electron chi connectivity index (χ0n) is 9.21. The fourth-order valence-electron chi connectivity index (χ4n) is 1.17. The first-order valence-electron chi connectivity index (χ1n) is 4.79. The SMILES string of the molecule is COC(=O)c1csc(-c2csc(C(C)O)n2)n1. The Labute approximate surface area is 106 Å². The van der Waals surface area contributed by atoms with E-state index in [9.17, 15) is 9.90 Å². The maximum absolute atomic E-state index is 11.2. The first-order chi connectivity index (χ1) is 8.11. The molecule has 2 aromatic heterocycles. The third kappa shape index (κ3) is 2.51. The molecular formula is C10H10N2O3S2. The molecule has 0 saturated carbocycles. The molecule has 1 N–H and O–H groups in total. The van der Waals surface area contributed by atoms with Crippen molar-refractivity contribution in [3.63, 3.8) is 0 Å². The van der Waals surface area contributed by atoms with Crippen LogP contribution in [-0.4, -0.2) is 28.2 Å². The molecule has 1 unspecified atom stereocenters. The molecule has 0 aliphatic heterocycles. The summed E-state index contributed by atoms with van der Waals surface area (Å²) in [5, 5.41) is 14.1. The lowest BCUT2D eigenvalue weighted by Crippen LogP contribution is -2.00. The topological polar surface area (TPSA) is 72.3 Å². The van der Waals surface area contributed by atoms with E-state index in [1.807, 2.05) is 5.38 Å². The highest BCUT2D eigenvalue weighted by atomic mass is 32.1. The molecule has 0 aliphatic rings. The number of nitrogens with zero attached hydrogens (tertiary/aromatic N) is 2. The van der Waals surface area contributed by atoms with Gasteiger partial charge in [-0.25, -0.2) is 14.8 Å². The Morgan fingerprint density at radius 2 is 2.18 bits per heavy atom. The fraction of sp³-hybridized carbons (Fsp3) is 0.300. The van der Waals surface area contributed by atoms with Crippen LogP contribution in [0.15, 0.2) is 10.8 Å². The van der Waals surface area contributed by atoms with E-state index in [2.05, 4.69) is 14.7 Å². The second-order valence-electron chi connectivity index (χ2n) is 3.28. The number of aromatic nitrogens is 2. The molecule has 0 bridgehead atoms. The summed E-state index contributed by atoms with van der Waals surface area (Å²) >= 11 is 2.69. The number of aliphatic hydroxyl groups is 1. The number of rotatable bonds is 3. The molecule has 1 atom stereocenters. The van der Waals surface area contributed by atoms with E-state index in [1.165, 1.54) is 29.8 Å². The van der Waals surface area contributed by atoms with Crippen molar-refractivity contribution >= 4 is 28.6 Å². The van der Waals surface area contributed by atoms with Crippen molar-refractivity contribution in [3.05, 3.63) is 21.5 Å². The van der Waals surface area contributed by atoms with Crippen molar-refractivity contribution in [3.8, 4) is 10.7 Å². The Bertz CT molecular complexity index is 533. The summed E-state index contributed by atoms with van der Waals surface area (Å²) in [5.41, 5.74) is 0.949. The van der Waals surface area contributed by atoms with E-state index >= 15 is 0 Å². The first kappa shape index (κ1) is 12.2.